The maximum atomic E-state index is 5.97. The molecule has 1 fully saturated rings. The molecule has 1 aliphatic rings. The van der Waals surface area contributed by atoms with Gasteiger partial charge >= 0.3 is 0 Å². The Hall–Kier alpha value is -2.31. The standard InChI is InChI=1S/C20H22N4OS/c1-2-8-24(7-1)9-3-10-25-15-4-5-16-14(12-15)13-18(21-16)19-20-17(22-23-19)6-11-26-20/h4-6,11-13,21H,1-3,7-10H2,(H,22,23). The monoisotopic (exact) mass is 366 g/mol. The van der Waals surface area contributed by atoms with Gasteiger partial charge in [0, 0.05) is 17.4 Å². The van der Waals surface area contributed by atoms with Gasteiger partial charge in [0.25, 0.3) is 0 Å². The zero-order valence-electron chi connectivity index (χ0n) is 14.6. The lowest BCUT2D eigenvalue weighted by Crippen LogP contribution is -2.21. The number of nitrogens with one attached hydrogen (secondary N) is 2. The molecule has 6 heteroatoms. The second kappa shape index (κ2) is 6.78. The predicted molar refractivity (Wildman–Crippen MR) is 107 cm³/mol. The Labute approximate surface area is 156 Å². The third-order valence-electron chi connectivity index (χ3n) is 5.10. The number of rotatable bonds is 6. The molecule has 26 heavy (non-hydrogen) atoms. The molecule has 0 unspecified atom stereocenters. The zero-order chi connectivity index (χ0) is 17.3. The summed E-state index contributed by atoms with van der Waals surface area (Å²) in [6, 6.07) is 10.5. The van der Waals surface area contributed by atoms with Crippen molar-refractivity contribution in [2.75, 3.05) is 26.2 Å². The van der Waals surface area contributed by atoms with E-state index in [4.69, 9.17) is 4.74 Å². The Morgan fingerprint density at radius 1 is 1.12 bits per heavy atom. The fourth-order valence-corrected chi connectivity index (χ4v) is 4.59. The number of fused-ring (bicyclic) bond motifs is 2. The third kappa shape index (κ3) is 2.99. The Bertz CT molecular complexity index is 1020. The number of benzene rings is 1. The van der Waals surface area contributed by atoms with Crippen LogP contribution in [0.15, 0.2) is 35.7 Å². The molecular weight excluding hydrogens is 344 g/mol. The molecule has 0 radical (unpaired) electrons. The highest BCUT2D eigenvalue weighted by Gasteiger charge is 2.13. The lowest BCUT2D eigenvalue weighted by Gasteiger charge is -2.14. The first-order valence-corrected chi connectivity index (χ1v) is 10.1. The Morgan fingerprint density at radius 2 is 2.04 bits per heavy atom. The molecule has 0 atom stereocenters. The van der Waals surface area contributed by atoms with Crippen LogP contribution in [0.1, 0.15) is 19.3 Å². The van der Waals surface area contributed by atoms with Crippen LogP contribution >= 0.6 is 11.3 Å². The largest absolute Gasteiger partial charge is 0.494 e. The summed E-state index contributed by atoms with van der Waals surface area (Å²) in [4.78, 5) is 6.00. The smallest absolute Gasteiger partial charge is 0.126 e. The Morgan fingerprint density at radius 3 is 2.96 bits per heavy atom. The molecule has 5 rings (SSSR count). The molecule has 4 aromatic rings. The van der Waals surface area contributed by atoms with Crippen molar-refractivity contribution in [3.05, 3.63) is 35.7 Å². The summed E-state index contributed by atoms with van der Waals surface area (Å²) in [5, 5.41) is 10.8. The van der Waals surface area contributed by atoms with Gasteiger partial charge in [0.1, 0.15) is 11.4 Å². The topological polar surface area (TPSA) is 56.9 Å². The molecule has 0 aliphatic carbocycles. The summed E-state index contributed by atoms with van der Waals surface area (Å²) in [6.07, 6.45) is 3.78. The summed E-state index contributed by atoms with van der Waals surface area (Å²) in [5.74, 6) is 0.938. The van der Waals surface area contributed by atoms with Crippen LogP contribution < -0.4 is 4.74 Å². The molecule has 5 nitrogen and oxygen atoms in total. The average Bonchev–Trinajstić information content (AvgIpc) is 3.42. The summed E-state index contributed by atoms with van der Waals surface area (Å²) >= 11 is 1.71. The quantitative estimate of drug-likeness (QED) is 0.489. The number of hydrogen-bond donors (Lipinski definition) is 2. The number of ether oxygens (including phenoxy) is 1. The van der Waals surface area contributed by atoms with Gasteiger partial charge in [-0.1, -0.05) is 0 Å². The van der Waals surface area contributed by atoms with E-state index < -0.39 is 0 Å². The molecule has 1 aromatic carbocycles. The first-order chi connectivity index (χ1) is 12.9. The SMILES string of the molecule is c1cc2[nH]nc(-c3cc4cc(OCCCN5CCCC5)ccc4[nH]3)c2s1. The van der Waals surface area contributed by atoms with E-state index >= 15 is 0 Å². The number of thiophene rings is 1. The molecule has 1 aliphatic heterocycles. The highest BCUT2D eigenvalue weighted by molar-refractivity contribution is 7.17. The molecule has 0 saturated carbocycles. The van der Waals surface area contributed by atoms with Gasteiger partial charge in [-0.2, -0.15) is 5.10 Å². The van der Waals surface area contributed by atoms with Crippen molar-refractivity contribution in [2.45, 2.75) is 19.3 Å². The van der Waals surface area contributed by atoms with Gasteiger partial charge in [0.15, 0.2) is 0 Å². The number of aromatic amines is 2. The van der Waals surface area contributed by atoms with Crippen molar-refractivity contribution in [1.29, 1.82) is 0 Å². The minimum atomic E-state index is 0.772. The van der Waals surface area contributed by atoms with E-state index in [9.17, 15) is 0 Å². The van der Waals surface area contributed by atoms with E-state index in [2.05, 4.69) is 49.7 Å². The molecule has 0 bridgehead atoms. The Kier molecular flexibility index (Phi) is 4.15. The predicted octanol–water partition coefficient (Wildman–Crippen LogP) is 4.64. The fraction of sp³-hybridized carbons (Fsp3) is 0.350. The maximum absolute atomic E-state index is 5.97. The van der Waals surface area contributed by atoms with Crippen molar-refractivity contribution in [1.82, 2.24) is 20.1 Å². The molecule has 0 amide bonds. The molecule has 0 spiro atoms. The fourth-order valence-electron chi connectivity index (χ4n) is 3.74. The van der Waals surface area contributed by atoms with Crippen LogP contribution in [0.4, 0.5) is 0 Å². The molecule has 3 aromatic heterocycles. The molecule has 134 valence electrons. The average molecular weight is 366 g/mol. The van der Waals surface area contributed by atoms with Crippen LogP contribution in [-0.4, -0.2) is 46.3 Å². The summed E-state index contributed by atoms with van der Waals surface area (Å²) < 4.78 is 7.16. The van der Waals surface area contributed by atoms with E-state index in [0.29, 0.717) is 0 Å². The van der Waals surface area contributed by atoms with Crippen LogP contribution in [0.5, 0.6) is 5.75 Å². The third-order valence-corrected chi connectivity index (χ3v) is 6.02. The van der Waals surface area contributed by atoms with Gasteiger partial charge in [0.2, 0.25) is 0 Å². The van der Waals surface area contributed by atoms with Crippen LogP contribution in [0.25, 0.3) is 32.5 Å². The van der Waals surface area contributed by atoms with E-state index in [1.54, 1.807) is 11.3 Å². The minimum absolute atomic E-state index is 0.772. The van der Waals surface area contributed by atoms with E-state index in [1.165, 1.54) is 30.6 Å². The van der Waals surface area contributed by atoms with Gasteiger partial charge < -0.3 is 14.6 Å². The highest BCUT2D eigenvalue weighted by atomic mass is 32.1. The molecular formula is C20H22N4OS. The number of hydrogen-bond acceptors (Lipinski definition) is 4. The zero-order valence-corrected chi connectivity index (χ0v) is 15.4. The maximum Gasteiger partial charge on any atom is 0.126 e. The lowest BCUT2D eigenvalue weighted by atomic mass is 10.2. The van der Waals surface area contributed by atoms with Gasteiger partial charge in [0.05, 0.1) is 22.5 Å². The Balaban J connectivity index is 1.29. The van der Waals surface area contributed by atoms with Crippen LogP contribution in [-0.2, 0) is 0 Å². The van der Waals surface area contributed by atoms with Crippen LogP contribution in [0, 0.1) is 0 Å². The highest BCUT2D eigenvalue weighted by Crippen LogP contribution is 2.32. The number of H-pyrrole nitrogens is 2. The van der Waals surface area contributed by atoms with Crippen LogP contribution in [0.2, 0.25) is 0 Å². The van der Waals surface area contributed by atoms with Crippen molar-refractivity contribution in [3.8, 4) is 17.1 Å². The first kappa shape index (κ1) is 15.9. The number of likely N-dealkylation sites (tertiary alicyclic amines) is 1. The van der Waals surface area contributed by atoms with Crippen LogP contribution in [0.3, 0.4) is 0 Å². The van der Waals surface area contributed by atoms with E-state index in [0.717, 1.165) is 53.1 Å². The van der Waals surface area contributed by atoms with Crippen molar-refractivity contribution < 1.29 is 4.74 Å². The number of aromatic nitrogens is 3. The molecule has 4 heterocycles. The van der Waals surface area contributed by atoms with Gasteiger partial charge in [-0.15, -0.1) is 11.3 Å². The van der Waals surface area contributed by atoms with Gasteiger partial charge in [-0.25, -0.2) is 0 Å². The van der Waals surface area contributed by atoms with Crippen molar-refractivity contribution in [2.24, 2.45) is 0 Å². The van der Waals surface area contributed by atoms with E-state index in [-0.39, 0.29) is 0 Å². The van der Waals surface area contributed by atoms with Gasteiger partial charge in [-0.05, 0) is 68.1 Å². The minimum Gasteiger partial charge on any atom is -0.494 e. The summed E-state index contributed by atoms with van der Waals surface area (Å²) in [6.45, 7) is 4.42. The lowest BCUT2D eigenvalue weighted by molar-refractivity contribution is 0.263. The summed E-state index contributed by atoms with van der Waals surface area (Å²) in [7, 11) is 0. The van der Waals surface area contributed by atoms with Gasteiger partial charge in [-0.3, -0.25) is 5.10 Å². The second-order valence-corrected chi connectivity index (χ2v) is 7.83. The number of nitrogens with zero attached hydrogens (tertiary/aromatic N) is 2. The molecule has 1 saturated heterocycles. The summed E-state index contributed by atoms with van der Waals surface area (Å²) in [5.41, 5.74) is 4.22. The van der Waals surface area contributed by atoms with E-state index in [1.807, 2.05) is 6.07 Å². The molecule has 2 N–H and O–H groups in total. The van der Waals surface area contributed by atoms with Crippen molar-refractivity contribution >= 4 is 32.5 Å². The van der Waals surface area contributed by atoms with Crippen molar-refractivity contribution in [3.63, 3.8) is 0 Å². The second-order valence-electron chi connectivity index (χ2n) is 6.92. The first-order valence-electron chi connectivity index (χ1n) is 9.27. The normalized spacial score (nSPS) is 15.4.